The quantitative estimate of drug-likeness (QED) is 0.184. The Hall–Kier alpha value is -2.85. The van der Waals surface area contributed by atoms with Crippen LogP contribution in [0, 0.1) is 0 Å². The van der Waals surface area contributed by atoms with Crippen LogP contribution in [0.15, 0.2) is 24.3 Å². The van der Waals surface area contributed by atoms with Gasteiger partial charge >= 0.3 is 12.1 Å². The molecule has 2 saturated heterocycles. The minimum absolute atomic E-state index is 0.0114. The molecule has 0 spiro atoms. The number of halogens is 1. The van der Waals surface area contributed by atoms with E-state index in [9.17, 15) is 19.2 Å². The van der Waals surface area contributed by atoms with Gasteiger partial charge in [-0.25, -0.2) is 9.59 Å². The van der Waals surface area contributed by atoms with Gasteiger partial charge in [0.2, 0.25) is 5.91 Å². The Labute approximate surface area is 222 Å². The first-order chi connectivity index (χ1) is 17.8. The van der Waals surface area contributed by atoms with Crippen LogP contribution in [-0.2, 0) is 19.1 Å². The van der Waals surface area contributed by atoms with Crippen molar-refractivity contribution in [3.63, 3.8) is 0 Å². The predicted octanol–water partition coefficient (Wildman–Crippen LogP) is 2.92. The maximum atomic E-state index is 12.8. The van der Waals surface area contributed by atoms with Crippen LogP contribution in [0.4, 0.5) is 4.79 Å². The summed E-state index contributed by atoms with van der Waals surface area (Å²) in [6, 6.07) is 6.72. The lowest BCUT2D eigenvalue weighted by Gasteiger charge is -2.42. The zero-order valence-electron chi connectivity index (χ0n) is 21.5. The van der Waals surface area contributed by atoms with Crippen LogP contribution in [0.2, 0.25) is 0 Å². The zero-order valence-corrected chi connectivity index (χ0v) is 22.3. The molecule has 0 N–H and O–H groups in total. The second-order valence-electron chi connectivity index (χ2n) is 9.24. The molecule has 0 saturated carbocycles. The first-order valence-electron chi connectivity index (χ1n) is 12.8. The summed E-state index contributed by atoms with van der Waals surface area (Å²) < 4.78 is 15.5. The Kier molecular flexibility index (Phi) is 11.0. The highest BCUT2D eigenvalue weighted by Gasteiger charge is 2.33. The van der Waals surface area contributed by atoms with Gasteiger partial charge in [-0.3, -0.25) is 14.5 Å². The van der Waals surface area contributed by atoms with E-state index in [0.29, 0.717) is 44.1 Å². The van der Waals surface area contributed by atoms with Crippen molar-refractivity contribution >= 4 is 35.4 Å². The van der Waals surface area contributed by atoms with Crippen molar-refractivity contribution < 1.29 is 33.4 Å². The van der Waals surface area contributed by atoms with E-state index in [-0.39, 0.29) is 37.4 Å². The summed E-state index contributed by atoms with van der Waals surface area (Å²) >= 11 is 5.73. The van der Waals surface area contributed by atoms with Crippen molar-refractivity contribution in [2.45, 2.75) is 51.1 Å². The number of benzene rings is 1. The molecular formula is C26H36ClN3O7. The van der Waals surface area contributed by atoms with Gasteiger partial charge in [-0.2, -0.15) is 0 Å². The van der Waals surface area contributed by atoms with Gasteiger partial charge in [-0.15, -0.1) is 0 Å². The number of Topliss-reactive ketones (excluding diaryl/α,β-unsaturated/α-hetero) is 1. The van der Waals surface area contributed by atoms with E-state index in [1.165, 1.54) is 0 Å². The van der Waals surface area contributed by atoms with Gasteiger partial charge in [0.05, 0.1) is 19.7 Å². The lowest BCUT2D eigenvalue weighted by molar-refractivity contribution is -0.146. The van der Waals surface area contributed by atoms with Crippen LogP contribution in [0.1, 0.15) is 49.9 Å². The number of nitrogens with zero attached hydrogens (tertiary/aromatic N) is 3. The van der Waals surface area contributed by atoms with Crippen LogP contribution >= 0.6 is 11.6 Å². The van der Waals surface area contributed by atoms with Gasteiger partial charge in [0.1, 0.15) is 5.75 Å². The van der Waals surface area contributed by atoms with Crippen LogP contribution in [-0.4, -0.2) is 103 Å². The number of unbranched alkanes of at least 4 members (excludes halogenated alkanes) is 1. The molecule has 0 radical (unpaired) electrons. The molecule has 2 heterocycles. The summed E-state index contributed by atoms with van der Waals surface area (Å²) in [6.07, 6.45) is 2.85. The van der Waals surface area contributed by atoms with E-state index in [4.69, 9.17) is 25.8 Å². The number of ether oxygens (including phenoxy) is 3. The minimum atomic E-state index is -0.671. The number of carbonyl (C=O) groups excluding carboxylic acids is 4. The number of likely N-dealkylation sites (tertiary alicyclic amines) is 1. The molecule has 1 atom stereocenters. The molecule has 2 amide bonds. The largest absolute Gasteiger partial charge is 0.482 e. The molecule has 0 aliphatic carbocycles. The molecule has 1 aromatic carbocycles. The number of amides is 2. The Balaban J connectivity index is 1.40. The SMILES string of the molecule is CCCCOC(=O)COc1ccc(C(=O)CN2CCN(C3CCN(C(=O)OC(C)Cl)CC3)CC2=O)cc1. The number of carbonyl (C=O) groups is 4. The Morgan fingerprint density at radius 2 is 1.78 bits per heavy atom. The third-order valence-corrected chi connectivity index (χ3v) is 6.57. The minimum Gasteiger partial charge on any atom is -0.482 e. The Morgan fingerprint density at radius 3 is 2.41 bits per heavy atom. The fourth-order valence-corrected chi connectivity index (χ4v) is 4.42. The average Bonchev–Trinajstić information content (AvgIpc) is 2.88. The summed E-state index contributed by atoms with van der Waals surface area (Å²) in [5, 5.41) is 0. The molecule has 1 unspecified atom stereocenters. The number of piperazine rings is 1. The van der Waals surface area contributed by atoms with Gasteiger partial charge < -0.3 is 24.0 Å². The van der Waals surface area contributed by atoms with Gasteiger partial charge in [0.25, 0.3) is 0 Å². The van der Waals surface area contributed by atoms with Gasteiger partial charge in [-0.05, 0) is 50.5 Å². The maximum Gasteiger partial charge on any atom is 0.411 e. The van der Waals surface area contributed by atoms with Crippen molar-refractivity contribution in [3.8, 4) is 5.75 Å². The summed E-state index contributed by atoms with van der Waals surface area (Å²) in [7, 11) is 0. The fourth-order valence-electron chi connectivity index (χ4n) is 4.35. The number of hydrogen-bond donors (Lipinski definition) is 0. The van der Waals surface area contributed by atoms with Crippen molar-refractivity contribution in [2.24, 2.45) is 0 Å². The highest BCUT2D eigenvalue weighted by Crippen LogP contribution is 2.20. The third-order valence-electron chi connectivity index (χ3n) is 6.48. The van der Waals surface area contributed by atoms with Crippen LogP contribution in [0.3, 0.4) is 0 Å². The highest BCUT2D eigenvalue weighted by atomic mass is 35.5. The molecule has 204 valence electrons. The molecule has 1 aromatic rings. The monoisotopic (exact) mass is 537 g/mol. The number of hydrogen-bond acceptors (Lipinski definition) is 8. The third kappa shape index (κ3) is 8.89. The van der Waals surface area contributed by atoms with E-state index in [1.807, 2.05) is 6.92 Å². The van der Waals surface area contributed by atoms with E-state index < -0.39 is 17.6 Å². The number of rotatable bonds is 11. The van der Waals surface area contributed by atoms with Crippen molar-refractivity contribution in [1.82, 2.24) is 14.7 Å². The normalized spacial score (nSPS) is 17.9. The van der Waals surface area contributed by atoms with Crippen LogP contribution < -0.4 is 4.74 Å². The summed E-state index contributed by atoms with van der Waals surface area (Å²) in [4.78, 5) is 54.6. The van der Waals surface area contributed by atoms with Crippen molar-refractivity contribution in [2.75, 3.05) is 52.5 Å². The fraction of sp³-hybridized carbons (Fsp3) is 0.615. The Morgan fingerprint density at radius 1 is 1.08 bits per heavy atom. The maximum absolute atomic E-state index is 12.8. The van der Waals surface area contributed by atoms with Crippen LogP contribution in [0.5, 0.6) is 5.75 Å². The number of alkyl halides is 1. The summed E-state index contributed by atoms with van der Waals surface area (Å²) in [5.41, 5.74) is -0.200. The van der Waals surface area contributed by atoms with E-state index in [0.717, 1.165) is 25.7 Å². The molecule has 11 heteroatoms. The van der Waals surface area contributed by atoms with Crippen LogP contribution in [0.25, 0.3) is 0 Å². The second kappa shape index (κ2) is 14.2. The van der Waals surface area contributed by atoms with Crippen molar-refractivity contribution in [1.29, 1.82) is 0 Å². The molecule has 3 rings (SSSR count). The zero-order chi connectivity index (χ0) is 26.8. The van der Waals surface area contributed by atoms with Gasteiger partial charge in [0, 0.05) is 37.8 Å². The lowest BCUT2D eigenvalue weighted by atomic mass is 10.0. The molecule has 2 fully saturated rings. The topological polar surface area (TPSA) is 106 Å². The molecule has 0 aromatic heterocycles. The molecule has 2 aliphatic rings. The van der Waals surface area contributed by atoms with Gasteiger partial charge in [-0.1, -0.05) is 24.9 Å². The van der Waals surface area contributed by atoms with E-state index in [1.54, 1.807) is 41.0 Å². The smallest absolute Gasteiger partial charge is 0.411 e. The molecule has 37 heavy (non-hydrogen) atoms. The lowest BCUT2D eigenvalue weighted by Crippen LogP contribution is -2.56. The van der Waals surface area contributed by atoms with Gasteiger partial charge in [0.15, 0.2) is 18.0 Å². The second-order valence-corrected chi connectivity index (χ2v) is 9.86. The standard InChI is InChI=1S/C26H36ClN3O7/c1-3-4-15-35-25(33)18-36-22-7-5-20(6-8-22)23(31)16-30-14-13-29(17-24(30)32)21-9-11-28(12-10-21)26(34)37-19(2)27/h5-8,19,21H,3-4,9-18H2,1-2H3. The van der Waals surface area contributed by atoms with E-state index in [2.05, 4.69) is 4.90 Å². The molecular weight excluding hydrogens is 502 g/mol. The molecule has 2 aliphatic heterocycles. The summed E-state index contributed by atoms with van der Waals surface area (Å²) in [6.45, 7) is 6.32. The highest BCUT2D eigenvalue weighted by molar-refractivity contribution is 6.19. The molecule has 10 nitrogen and oxygen atoms in total. The first-order valence-corrected chi connectivity index (χ1v) is 13.2. The predicted molar refractivity (Wildman–Crippen MR) is 137 cm³/mol. The number of esters is 1. The summed E-state index contributed by atoms with van der Waals surface area (Å²) in [5.74, 6) is -0.211. The number of ketones is 1. The van der Waals surface area contributed by atoms with E-state index >= 15 is 0 Å². The average molecular weight is 538 g/mol. The number of piperidine rings is 1. The van der Waals surface area contributed by atoms with Crippen molar-refractivity contribution in [3.05, 3.63) is 29.8 Å². The molecule has 0 bridgehead atoms. The Bertz CT molecular complexity index is 933. The first kappa shape index (κ1) is 28.7.